The van der Waals surface area contributed by atoms with Gasteiger partial charge in [0.25, 0.3) is 0 Å². The largest absolute Gasteiger partial charge is 0.379 e. The van der Waals surface area contributed by atoms with Gasteiger partial charge in [0.15, 0.2) is 0 Å². The number of urea groups is 1. The summed E-state index contributed by atoms with van der Waals surface area (Å²) in [5, 5.41) is 3.00. The average molecular weight is 456 g/mol. The van der Waals surface area contributed by atoms with Gasteiger partial charge in [-0.05, 0) is 45.8 Å². The smallest absolute Gasteiger partial charge is 0.317 e. The number of carbonyl (C=O) groups excluding carboxylic acids is 1. The van der Waals surface area contributed by atoms with Gasteiger partial charge in [-0.1, -0.05) is 12.1 Å². The average Bonchev–Trinajstić information content (AvgIpc) is 3.07. The van der Waals surface area contributed by atoms with Crippen LogP contribution in [0.5, 0.6) is 0 Å². The summed E-state index contributed by atoms with van der Waals surface area (Å²) in [6.45, 7) is 3.77. The molecular weight excluding hydrogens is 433 g/mol. The molecule has 5 nitrogen and oxygen atoms in total. The molecule has 27 heavy (non-hydrogen) atoms. The summed E-state index contributed by atoms with van der Waals surface area (Å²) in [6, 6.07) is 10.3. The Morgan fingerprint density at radius 1 is 1.37 bits per heavy atom. The highest BCUT2D eigenvalue weighted by molar-refractivity contribution is 9.11. The zero-order chi connectivity index (χ0) is 19.2. The van der Waals surface area contributed by atoms with Crippen molar-refractivity contribution in [1.29, 1.82) is 0 Å². The van der Waals surface area contributed by atoms with E-state index in [0.717, 1.165) is 27.3 Å². The lowest BCUT2D eigenvalue weighted by Crippen LogP contribution is -2.46. The number of rotatable bonds is 6. The van der Waals surface area contributed by atoms with Crippen LogP contribution in [0.1, 0.15) is 16.5 Å². The fourth-order valence-electron chi connectivity index (χ4n) is 3.12. The van der Waals surface area contributed by atoms with Crippen molar-refractivity contribution in [2.45, 2.75) is 12.6 Å². The molecule has 1 aromatic carbocycles. The third kappa shape index (κ3) is 5.75. The van der Waals surface area contributed by atoms with Gasteiger partial charge in [0, 0.05) is 31.6 Å². The van der Waals surface area contributed by atoms with Crippen LogP contribution in [0, 0.1) is 5.82 Å². The molecule has 0 bridgehead atoms. The number of morpholine rings is 1. The Labute approximate surface area is 171 Å². The first-order valence-electron chi connectivity index (χ1n) is 8.83. The van der Waals surface area contributed by atoms with Crippen molar-refractivity contribution in [3.63, 3.8) is 0 Å². The lowest BCUT2D eigenvalue weighted by molar-refractivity contribution is 0.0164. The fourth-order valence-corrected chi connectivity index (χ4v) is 4.66. The molecule has 1 aromatic heterocycles. The molecule has 8 heteroatoms. The number of hydrogen-bond donors (Lipinski definition) is 1. The second kappa shape index (κ2) is 9.64. The van der Waals surface area contributed by atoms with Crippen molar-refractivity contribution < 1.29 is 13.9 Å². The number of nitrogens with zero attached hydrogens (tertiary/aromatic N) is 2. The van der Waals surface area contributed by atoms with Crippen LogP contribution in [0.2, 0.25) is 0 Å². The van der Waals surface area contributed by atoms with Crippen molar-refractivity contribution in [2.24, 2.45) is 0 Å². The van der Waals surface area contributed by atoms with E-state index in [-0.39, 0.29) is 17.9 Å². The molecule has 146 valence electrons. The van der Waals surface area contributed by atoms with Gasteiger partial charge in [-0.3, -0.25) is 4.90 Å². The van der Waals surface area contributed by atoms with Crippen LogP contribution < -0.4 is 5.32 Å². The van der Waals surface area contributed by atoms with E-state index in [2.05, 4.69) is 26.1 Å². The van der Waals surface area contributed by atoms with Gasteiger partial charge < -0.3 is 15.0 Å². The minimum absolute atomic E-state index is 0.0853. The number of hydrogen-bond acceptors (Lipinski definition) is 4. The van der Waals surface area contributed by atoms with E-state index in [1.54, 1.807) is 35.4 Å². The normalized spacial score (nSPS) is 16.1. The summed E-state index contributed by atoms with van der Waals surface area (Å²) >= 11 is 5.05. The first-order valence-corrected chi connectivity index (χ1v) is 10.4. The Bertz CT molecular complexity index is 767. The van der Waals surface area contributed by atoms with Crippen LogP contribution in [0.15, 0.2) is 40.2 Å². The fraction of sp³-hybridized carbons (Fsp3) is 0.421. The van der Waals surface area contributed by atoms with Crippen LogP contribution in [0.3, 0.4) is 0 Å². The maximum absolute atomic E-state index is 13.7. The number of nitrogens with one attached hydrogen (secondary N) is 1. The zero-order valence-corrected chi connectivity index (χ0v) is 17.6. The summed E-state index contributed by atoms with van der Waals surface area (Å²) in [5.74, 6) is -0.266. The van der Waals surface area contributed by atoms with Gasteiger partial charge in [0.05, 0.1) is 29.6 Å². The molecule has 1 fully saturated rings. The molecule has 1 saturated heterocycles. The van der Waals surface area contributed by atoms with E-state index < -0.39 is 0 Å². The first-order chi connectivity index (χ1) is 13.0. The Balaban J connectivity index is 1.63. The van der Waals surface area contributed by atoms with E-state index in [1.165, 1.54) is 6.07 Å². The van der Waals surface area contributed by atoms with Crippen LogP contribution >= 0.6 is 27.3 Å². The van der Waals surface area contributed by atoms with Crippen LogP contribution in [0.25, 0.3) is 0 Å². The van der Waals surface area contributed by atoms with Gasteiger partial charge >= 0.3 is 6.03 Å². The van der Waals surface area contributed by atoms with Gasteiger partial charge in [-0.2, -0.15) is 0 Å². The summed E-state index contributed by atoms with van der Waals surface area (Å²) < 4.78 is 20.2. The Morgan fingerprint density at radius 2 is 2.15 bits per heavy atom. The SMILES string of the molecule is CN(Cc1ccc(Br)s1)C(=O)NCC(c1cccc(F)c1)N1CCOCC1. The molecule has 0 aliphatic carbocycles. The van der Waals surface area contributed by atoms with Crippen molar-refractivity contribution in [3.05, 3.63) is 56.4 Å². The van der Waals surface area contributed by atoms with Crippen molar-refractivity contribution in [2.75, 3.05) is 39.9 Å². The second-order valence-corrected chi connectivity index (χ2v) is 9.01. The zero-order valence-electron chi connectivity index (χ0n) is 15.2. The summed E-state index contributed by atoms with van der Waals surface area (Å²) in [7, 11) is 1.77. The Hall–Kier alpha value is -1.48. The molecule has 0 spiro atoms. The third-order valence-corrected chi connectivity index (χ3v) is 6.14. The van der Waals surface area contributed by atoms with E-state index in [0.29, 0.717) is 26.3 Å². The van der Waals surface area contributed by atoms with Gasteiger partial charge in [0.1, 0.15) is 5.82 Å². The molecule has 2 amide bonds. The molecule has 1 aliphatic rings. The second-order valence-electron chi connectivity index (χ2n) is 6.47. The van der Waals surface area contributed by atoms with E-state index >= 15 is 0 Å². The molecule has 0 radical (unpaired) electrons. The highest BCUT2D eigenvalue weighted by Gasteiger charge is 2.24. The minimum atomic E-state index is -0.266. The van der Waals surface area contributed by atoms with Crippen LogP contribution in [0.4, 0.5) is 9.18 Å². The van der Waals surface area contributed by atoms with Crippen LogP contribution in [-0.2, 0) is 11.3 Å². The first kappa shape index (κ1) is 20.3. The summed E-state index contributed by atoms with van der Waals surface area (Å²) in [4.78, 5) is 17.5. The van der Waals surface area contributed by atoms with Crippen molar-refractivity contribution in [3.8, 4) is 0 Å². The molecule has 2 aromatic rings. The Morgan fingerprint density at radius 3 is 2.81 bits per heavy atom. The highest BCUT2D eigenvalue weighted by Crippen LogP contribution is 2.24. The van der Waals surface area contributed by atoms with Crippen molar-refractivity contribution in [1.82, 2.24) is 15.1 Å². The van der Waals surface area contributed by atoms with E-state index in [1.807, 2.05) is 18.2 Å². The maximum Gasteiger partial charge on any atom is 0.317 e. The number of amides is 2. The van der Waals surface area contributed by atoms with E-state index in [9.17, 15) is 9.18 Å². The quantitative estimate of drug-likeness (QED) is 0.718. The standard InChI is InChI=1S/C19H23BrFN3O2S/c1-23(13-16-5-6-18(20)27-16)19(25)22-12-17(24-7-9-26-10-8-24)14-3-2-4-15(21)11-14/h2-6,11,17H,7-10,12-13H2,1H3,(H,22,25). The predicted octanol–water partition coefficient (Wildman–Crippen LogP) is 3.86. The number of thiophene rings is 1. The molecular formula is C19H23BrFN3O2S. The summed E-state index contributed by atoms with van der Waals surface area (Å²) in [5.41, 5.74) is 0.863. The molecule has 1 aliphatic heterocycles. The van der Waals surface area contributed by atoms with E-state index in [4.69, 9.17) is 4.74 Å². The summed E-state index contributed by atoms with van der Waals surface area (Å²) in [6.07, 6.45) is 0. The minimum Gasteiger partial charge on any atom is -0.379 e. The number of carbonyl (C=O) groups is 1. The van der Waals surface area contributed by atoms with Crippen molar-refractivity contribution >= 4 is 33.3 Å². The van der Waals surface area contributed by atoms with Crippen LogP contribution in [-0.4, -0.2) is 55.7 Å². The number of benzene rings is 1. The van der Waals surface area contributed by atoms with Gasteiger partial charge in [-0.15, -0.1) is 11.3 Å². The number of halogens is 2. The molecule has 2 heterocycles. The molecule has 1 N–H and O–H groups in total. The molecule has 1 unspecified atom stereocenters. The third-order valence-electron chi connectivity index (χ3n) is 4.54. The lowest BCUT2D eigenvalue weighted by atomic mass is 10.0. The molecule has 1 atom stereocenters. The van der Waals surface area contributed by atoms with Gasteiger partial charge in [0.2, 0.25) is 0 Å². The maximum atomic E-state index is 13.7. The topological polar surface area (TPSA) is 44.8 Å². The predicted molar refractivity (Wildman–Crippen MR) is 108 cm³/mol. The highest BCUT2D eigenvalue weighted by atomic mass is 79.9. The Kier molecular flexibility index (Phi) is 7.23. The monoisotopic (exact) mass is 455 g/mol. The molecule has 3 rings (SSSR count). The lowest BCUT2D eigenvalue weighted by Gasteiger charge is -2.35. The van der Waals surface area contributed by atoms with Gasteiger partial charge in [-0.25, -0.2) is 9.18 Å². The number of ether oxygens (including phenoxy) is 1. The molecule has 0 saturated carbocycles.